The van der Waals surface area contributed by atoms with E-state index in [1.807, 2.05) is 12.1 Å². The van der Waals surface area contributed by atoms with Gasteiger partial charge in [0.05, 0.1) is 0 Å². The standard InChI is InChI=1S/C30H16O2.C30H18/c31-29-6-5-19-9-22-12-25-13-23-10-20-7-17-3-1-2-4-18(17)8-21(20)11-24(23)14-26(25)15-27(22)16-28(19)30(29)32;1-2-6-20-10-24-14-28-18-30-16-26-12-22-8-4-3-7-21(22)11-25(26)15-29(30)17-27(28)13-23(24)9-19(20)5-1/h1-16H;1-18H. The monoisotopic (exact) mass is 786 g/mol. The molecule has 0 aliphatic heterocycles. The Morgan fingerprint density at radius 1 is 0.210 bits per heavy atom. The van der Waals surface area contributed by atoms with Crippen LogP contribution in [0.1, 0.15) is 15.9 Å². The Labute approximate surface area is 355 Å². The maximum Gasteiger partial charge on any atom is 0.233 e. The highest BCUT2D eigenvalue weighted by Crippen LogP contribution is 2.35. The second-order valence-electron chi connectivity index (χ2n) is 17.0. The van der Waals surface area contributed by atoms with E-state index < -0.39 is 11.6 Å². The van der Waals surface area contributed by atoms with Crippen molar-refractivity contribution in [2.24, 2.45) is 0 Å². The first kappa shape index (κ1) is 34.6. The van der Waals surface area contributed by atoms with E-state index in [1.165, 1.54) is 103 Å². The number of ketones is 2. The summed E-state index contributed by atoms with van der Waals surface area (Å²) in [4.78, 5) is 24.1. The van der Waals surface area contributed by atoms with E-state index in [1.54, 1.807) is 6.08 Å². The van der Waals surface area contributed by atoms with E-state index in [2.05, 4.69) is 182 Å². The highest BCUT2D eigenvalue weighted by molar-refractivity contribution is 6.50. The van der Waals surface area contributed by atoms with Crippen molar-refractivity contribution in [2.45, 2.75) is 0 Å². The number of Topliss-reactive ketones (excluding diaryl/α,β-unsaturated/α-hetero) is 1. The normalized spacial score (nSPS) is 12.8. The zero-order valence-electron chi connectivity index (χ0n) is 33.4. The molecule has 0 spiro atoms. The summed E-state index contributed by atoms with van der Waals surface area (Å²) < 4.78 is 0. The van der Waals surface area contributed by atoms with Gasteiger partial charge in [0.25, 0.3) is 0 Å². The summed E-state index contributed by atoms with van der Waals surface area (Å²) in [7, 11) is 0. The van der Waals surface area contributed by atoms with Crippen LogP contribution in [0.3, 0.4) is 0 Å². The van der Waals surface area contributed by atoms with Gasteiger partial charge in [-0.05, 0) is 251 Å². The molecule has 1 aliphatic rings. The van der Waals surface area contributed by atoms with Crippen molar-refractivity contribution in [1.82, 2.24) is 0 Å². The van der Waals surface area contributed by atoms with Crippen molar-refractivity contribution in [3.63, 3.8) is 0 Å². The molecule has 0 amide bonds. The fourth-order valence-corrected chi connectivity index (χ4v) is 9.86. The lowest BCUT2D eigenvalue weighted by Gasteiger charge is -2.12. The fourth-order valence-electron chi connectivity index (χ4n) is 9.86. The number of fused-ring (bicyclic) bond motifs is 12. The van der Waals surface area contributed by atoms with Gasteiger partial charge in [0.15, 0.2) is 0 Å². The molecule has 14 rings (SSSR count). The number of benzene rings is 13. The molecule has 286 valence electrons. The van der Waals surface area contributed by atoms with E-state index in [0.29, 0.717) is 5.56 Å². The van der Waals surface area contributed by atoms with Gasteiger partial charge in [-0.15, -0.1) is 0 Å². The van der Waals surface area contributed by atoms with Crippen LogP contribution in [0.15, 0.2) is 200 Å². The molecular formula is C60H34O2. The van der Waals surface area contributed by atoms with Crippen molar-refractivity contribution in [2.75, 3.05) is 0 Å². The van der Waals surface area contributed by atoms with E-state index in [-0.39, 0.29) is 0 Å². The topological polar surface area (TPSA) is 34.1 Å². The summed E-state index contributed by atoms with van der Waals surface area (Å²) in [5, 5.41) is 27.2. The second-order valence-corrected chi connectivity index (χ2v) is 17.0. The summed E-state index contributed by atoms with van der Waals surface area (Å²) >= 11 is 0. The molecule has 0 aromatic heterocycles. The predicted molar refractivity (Wildman–Crippen MR) is 264 cm³/mol. The summed E-state index contributed by atoms with van der Waals surface area (Å²) in [6, 6.07) is 70.5. The third-order valence-electron chi connectivity index (χ3n) is 13.1. The summed E-state index contributed by atoms with van der Waals surface area (Å²) in [5.74, 6) is -0.884. The zero-order valence-corrected chi connectivity index (χ0v) is 33.4. The first-order valence-electron chi connectivity index (χ1n) is 21.1. The van der Waals surface area contributed by atoms with Crippen molar-refractivity contribution in [3.05, 3.63) is 211 Å². The Morgan fingerprint density at radius 2 is 0.419 bits per heavy atom. The SMILES string of the molecule is O=C1C=Cc2cc3cc4cc5cc6cc7ccccc7cc6cc5cc4cc3cc2C1=O.c1ccc2cc3cc4cc5cc6cc7ccccc7cc6cc5cc4cc3cc2c1. The minimum absolute atomic E-state index is 0.429. The molecule has 13 aromatic carbocycles. The maximum absolute atomic E-state index is 12.3. The quantitative estimate of drug-likeness (QED) is 0.113. The van der Waals surface area contributed by atoms with E-state index >= 15 is 0 Å². The van der Waals surface area contributed by atoms with Crippen molar-refractivity contribution in [1.29, 1.82) is 0 Å². The van der Waals surface area contributed by atoms with Crippen LogP contribution in [0.25, 0.3) is 125 Å². The zero-order chi connectivity index (χ0) is 41.1. The first-order valence-corrected chi connectivity index (χ1v) is 21.1. The highest BCUT2D eigenvalue weighted by atomic mass is 16.2. The van der Waals surface area contributed by atoms with Crippen LogP contribution in [0.5, 0.6) is 0 Å². The van der Waals surface area contributed by atoms with Crippen LogP contribution in [-0.4, -0.2) is 11.6 Å². The molecule has 0 atom stereocenters. The van der Waals surface area contributed by atoms with Gasteiger partial charge in [0, 0.05) is 5.56 Å². The van der Waals surface area contributed by atoms with Crippen LogP contribution >= 0.6 is 0 Å². The molecule has 0 radical (unpaired) electrons. The van der Waals surface area contributed by atoms with Crippen LogP contribution in [0.2, 0.25) is 0 Å². The van der Waals surface area contributed by atoms with Crippen LogP contribution in [-0.2, 0) is 4.79 Å². The molecule has 2 heteroatoms. The van der Waals surface area contributed by atoms with Gasteiger partial charge in [0.1, 0.15) is 0 Å². The van der Waals surface area contributed by atoms with Crippen LogP contribution in [0, 0.1) is 0 Å². The predicted octanol–water partition coefficient (Wildman–Crippen LogP) is 15.8. The Balaban J connectivity index is 0.000000126. The first-order chi connectivity index (χ1) is 30.4. The second kappa shape index (κ2) is 13.1. The average molecular weight is 787 g/mol. The van der Waals surface area contributed by atoms with Crippen LogP contribution < -0.4 is 0 Å². The molecule has 0 saturated carbocycles. The number of carbonyl (C=O) groups excluding carboxylic acids is 2. The Hall–Kier alpha value is -8.20. The van der Waals surface area contributed by atoms with Gasteiger partial charge >= 0.3 is 0 Å². The molecule has 0 saturated heterocycles. The van der Waals surface area contributed by atoms with Gasteiger partial charge in [-0.25, -0.2) is 0 Å². The van der Waals surface area contributed by atoms with Crippen molar-refractivity contribution < 1.29 is 9.59 Å². The van der Waals surface area contributed by atoms with Gasteiger partial charge in [-0.2, -0.15) is 0 Å². The number of rotatable bonds is 0. The van der Waals surface area contributed by atoms with Gasteiger partial charge < -0.3 is 0 Å². The third kappa shape index (κ3) is 5.65. The van der Waals surface area contributed by atoms with Gasteiger partial charge in [0.2, 0.25) is 11.6 Å². The molecule has 1 aliphatic carbocycles. The van der Waals surface area contributed by atoms with E-state index in [4.69, 9.17) is 0 Å². The molecule has 62 heavy (non-hydrogen) atoms. The van der Waals surface area contributed by atoms with E-state index in [0.717, 1.165) is 27.1 Å². The molecule has 13 aromatic rings. The highest BCUT2D eigenvalue weighted by Gasteiger charge is 2.21. The molecule has 0 heterocycles. The molecule has 0 N–H and O–H groups in total. The Morgan fingerprint density at radius 3 is 0.677 bits per heavy atom. The van der Waals surface area contributed by atoms with Crippen molar-refractivity contribution in [3.8, 4) is 0 Å². The fraction of sp³-hybridized carbons (Fsp3) is 0. The maximum atomic E-state index is 12.3. The van der Waals surface area contributed by atoms with Crippen LogP contribution in [0.4, 0.5) is 0 Å². The minimum atomic E-state index is -0.456. The molecule has 0 bridgehead atoms. The molecule has 0 fully saturated rings. The molecule has 2 nitrogen and oxygen atoms in total. The van der Waals surface area contributed by atoms with E-state index in [9.17, 15) is 9.59 Å². The lowest BCUT2D eigenvalue weighted by molar-refractivity contribution is -0.110. The Kier molecular flexibility index (Phi) is 7.35. The third-order valence-corrected chi connectivity index (χ3v) is 13.1. The smallest absolute Gasteiger partial charge is 0.233 e. The minimum Gasteiger partial charge on any atom is -0.286 e. The summed E-state index contributed by atoms with van der Waals surface area (Å²) in [6.07, 6.45) is 3.10. The average Bonchev–Trinajstić information content (AvgIpc) is 3.29. The molecular weight excluding hydrogens is 753 g/mol. The largest absolute Gasteiger partial charge is 0.286 e. The van der Waals surface area contributed by atoms with Gasteiger partial charge in [-0.1, -0.05) is 78.9 Å². The number of carbonyl (C=O) groups is 2. The summed E-state index contributed by atoms with van der Waals surface area (Å²) in [5.41, 5.74) is 1.29. The van der Waals surface area contributed by atoms with Crippen molar-refractivity contribution >= 4 is 136 Å². The number of hydrogen-bond donors (Lipinski definition) is 0. The molecule has 0 unspecified atom stereocenters. The lowest BCUT2D eigenvalue weighted by Crippen LogP contribution is -2.15. The summed E-state index contributed by atoms with van der Waals surface area (Å²) in [6.45, 7) is 0. The number of allylic oxidation sites excluding steroid dienone is 1. The lowest BCUT2D eigenvalue weighted by atomic mass is 9.90. The number of hydrogen-bond acceptors (Lipinski definition) is 2. The van der Waals surface area contributed by atoms with Gasteiger partial charge in [-0.3, -0.25) is 9.59 Å². The Bertz CT molecular complexity index is 3930.